The van der Waals surface area contributed by atoms with Crippen LogP contribution in [0, 0.1) is 4.91 Å². The molecule has 1 aromatic heterocycles. The van der Waals surface area contributed by atoms with Gasteiger partial charge in [-0.3, -0.25) is 4.79 Å². The van der Waals surface area contributed by atoms with Crippen molar-refractivity contribution in [3.63, 3.8) is 0 Å². The highest BCUT2D eigenvalue weighted by molar-refractivity contribution is 5.93. The second-order valence-electron chi connectivity index (χ2n) is 7.90. The number of hydrogen-bond donors (Lipinski definition) is 1. The van der Waals surface area contributed by atoms with E-state index in [1.54, 1.807) is 33.9 Å². The van der Waals surface area contributed by atoms with Gasteiger partial charge in [0, 0.05) is 30.9 Å². The first-order valence-electron chi connectivity index (χ1n) is 9.62. The molecule has 2 amide bonds. The number of aromatic nitrogens is 2. The number of benzene rings is 1. The minimum absolute atomic E-state index is 0.0903. The maximum absolute atomic E-state index is 13.1. The largest absolute Gasteiger partial charge is 0.444 e. The number of nitrogens with zero attached hydrogens (tertiary/aromatic N) is 4. The smallest absolute Gasteiger partial charge is 0.435 e. The van der Waals surface area contributed by atoms with Crippen molar-refractivity contribution in [2.45, 2.75) is 39.1 Å². The lowest BCUT2D eigenvalue weighted by Gasteiger charge is -2.27. The highest BCUT2D eigenvalue weighted by Gasteiger charge is 2.36. The fraction of sp³-hybridized carbons (Fsp3) is 0.450. The Hall–Kier alpha value is -3.28. The summed E-state index contributed by atoms with van der Waals surface area (Å²) in [5.41, 5.74) is -2.02. The quantitative estimate of drug-likeness (QED) is 0.638. The number of alkyl halides is 3. The standard InChI is InChI=1S/C20H24F3N5O4/c1-19(2,3)32-18(30)27(9-8-24-4)12-13-6-5-7-14(10-13)28-15(17(29)26-31)11-16(25-28)20(21,22)23/h5-7,10-11,24H,8-9,12H2,1-4H3. The molecule has 1 heterocycles. The Morgan fingerprint density at radius 3 is 2.47 bits per heavy atom. The zero-order valence-electron chi connectivity index (χ0n) is 18.1. The monoisotopic (exact) mass is 455 g/mol. The number of hydrogen-bond acceptors (Lipinski definition) is 6. The topological polar surface area (TPSA) is 106 Å². The van der Waals surface area contributed by atoms with Crippen LogP contribution in [-0.2, 0) is 17.5 Å². The Bertz CT molecular complexity index is 982. The van der Waals surface area contributed by atoms with E-state index in [1.165, 1.54) is 23.1 Å². The first kappa shape index (κ1) is 25.0. The lowest BCUT2D eigenvalue weighted by Crippen LogP contribution is -2.39. The van der Waals surface area contributed by atoms with Crippen LogP contribution in [0.2, 0.25) is 0 Å². The summed E-state index contributed by atoms with van der Waals surface area (Å²) in [6.45, 7) is 6.09. The average Bonchev–Trinajstić information content (AvgIpc) is 3.15. The van der Waals surface area contributed by atoms with Crippen molar-refractivity contribution >= 4 is 12.0 Å². The highest BCUT2D eigenvalue weighted by Crippen LogP contribution is 2.30. The van der Waals surface area contributed by atoms with Gasteiger partial charge in [0.25, 0.3) is 0 Å². The predicted octanol–water partition coefficient (Wildman–Crippen LogP) is 3.75. The fourth-order valence-electron chi connectivity index (χ4n) is 2.73. The van der Waals surface area contributed by atoms with Crippen molar-refractivity contribution in [1.29, 1.82) is 0 Å². The van der Waals surface area contributed by atoms with Crippen LogP contribution in [0.1, 0.15) is 42.5 Å². The molecular weight excluding hydrogens is 431 g/mol. The maximum atomic E-state index is 13.1. The van der Waals surface area contributed by atoms with Gasteiger partial charge in [0.1, 0.15) is 11.3 Å². The van der Waals surface area contributed by atoms with Gasteiger partial charge in [-0.15, -0.1) is 4.91 Å². The van der Waals surface area contributed by atoms with Crippen molar-refractivity contribution in [3.8, 4) is 5.69 Å². The Kier molecular flexibility index (Phi) is 7.73. The molecule has 0 aliphatic carbocycles. The third kappa shape index (κ3) is 6.61. The summed E-state index contributed by atoms with van der Waals surface area (Å²) in [5, 5.41) is 8.57. The summed E-state index contributed by atoms with van der Waals surface area (Å²) in [6.07, 6.45) is -5.38. The maximum Gasteiger partial charge on any atom is 0.435 e. The summed E-state index contributed by atoms with van der Waals surface area (Å²) >= 11 is 0. The van der Waals surface area contributed by atoms with E-state index in [4.69, 9.17) is 4.74 Å². The van der Waals surface area contributed by atoms with Crippen molar-refractivity contribution in [1.82, 2.24) is 20.0 Å². The van der Waals surface area contributed by atoms with E-state index < -0.39 is 35.2 Å². The molecule has 1 aromatic carbocycles. The van der Waals surface area contributed by atoms with E-state index in [0.29, 0.717) is 29.4 Å². The zero-order valence-corrected chi connectivity index (χ0v) is 18.1. The molecule has 0 bridgehead atoms. The molecular formula is C20H24F3N5O4. The van der Waals surface area contributed by atoms with Crippen molar-refractivity contribution in [3.05, 3.63) is 52.2 Å². The number of nitroso groups, excluding NO2 is 1. The third-order valence-electron chi connectivity index (χ3n) is 4.11. The fourth-order valence-corrected chi connectivity index (χ4v) is 2.73. The molecule has 32 heavy (non-hydrogen) atoms. The SMILES string of the molecule is CNCCN(Cc1cccc(-n2nc(C(F)(F)F)cc2C(=O)N=O)c1)C(=O)OC(C)(C)C. The molecule has 9 nitrogen and oxygen atoms in total. The molecule has 0 saturated heterocycles. The molecule has 1 N–H and O–H groups in total. The minimum atomic E-state index is -4.82. The molecule has 174 valence electrons. The number of likely N-dealkylation sites (N-methyl/N-ethyl adjacent to an activating group) is 1. The lowest BCUT2D eigenvalue weighted by molar-refractivity contribution is -0.141. The summed E-state index contributed by atoms with van der Waals surface area (Å²) in [6, 6.07) is 6.55. The van der Waals surface area contributed by atoms with Gasteiger partial charge in [0.2, 0.25) is 0 Å². The number of nitrogens with one attached hydrogen (secondary N) is 1. The van der Waals surface area contributed by atoms with Gasteiger partial charge in [-0.25, -0.2) is 9.48 Å². The summed E-state index contributed by atoms with van der Waals surface area (Å²) in [7, 11) is 1.73. The third-order valence-corrected chi connectivity index (χ3v) is 4.11. The van der Waals surface area contributed by atoms with Crippen molar-refractivity contribution in [2.24, 2.45) is 5.18 Å². The minimum Gasteiger partial charge on any atom is -0.444 e. The van der Waals surface area contributed by atoms with Crippen molar-refractivity contribution < 1.29 is 27.5 Å². The number of carbonyl (C=O) groups excluding carboxylic acids is 2. The second kappa shape index (κ2) is 9.90. The number of amides is 2. The van der Waals surface area contributed by atoms with Crippen LogP contribution in [0.5, 0.6) is 0 Å². The van der Waals surface area contributed by atoms with Gasteiger partial charge in [0.05, 0.1) is 5.69 Å². The Morgan fingerprint density at radius 1 is 1.22 bits per heavy atom. The van der Waals surface area contributed by atoms with Gasteiger partial charge in [-0.05, 0) is 45.5 Å². The highest BCUT2D eigenvalue weighted by atomic mass is 19.4. The molecule has 0 fully saturated rings. The molecule has 0 unspecified atom stereocenters. The predicted molar refractivity (Wildman–Crippen MR) is 109 cm³/mol. The van der Waals surface area contributed by atoms with E-state index in [-0.39, 0.29) is 12.2 Å². The number of ether oxygens (including phenoxy) is 1. The Morgan fingerprint density at radius 2 is 1.91 bits per heavy atom. The van der Waals surface area contributed by atoms with E-state index in [2.05, 4.69) is 15.6 Å². The summed E-state index contributed by atoms with van der Waals surface area (Å²) in [5.74, 6) is -1.39. The van der Waals surface area contributed by atoms with E-state index in [9.17, 15) is 27.7 Å². The Balaban J connectivity index is 2.40. The van der Waals surface area contributed by atoms with Gasteiger partial charge in [0.15, 0.2) is 5.69 Å². The van der Waals surface area contributed by atoms with E-state index >= 15 is 0 Å². The first-order chi connectivity index (χ1) is 14.9. The molecule has 0 saturated carbocycles. The van der Waals surface area contributed by atoms with Gasteiger partial charge in [-0.1, -0.05) is 12.1 Å². The van der Waals surface area contributed by atoms with Gasteiger partial charge < -0.3 is 15.0 Å². The molecule has 2 aromatic rings. The molecule has 0 radical (unpaired) electrons. The van der Waals surface area contributed by atoms with Crippen LogP contribution in [0.4, 0.5) is 18.0 Å². The molecule has 2 rings (SSSR count). The van der Waals surface area contributed by atoms with E-state index in [0.717, 1.165) is 0 Å². The average molecular weight is 455 g/mol. The van der Waals surface area contributed by atoms with Crippen LogP contribution < -0.4 is 5.32 Å². The first-order valence-corrected chi connectivity index (χ1v) is 9.62. The molecule has 0 aliphatic rings. The molecule has 12 heteroatoms. The summed E-state index contributed by atoms with van der Waals surface area (Å²) in [4.78, 5) is 36.4. The van der Waals surface area contributed by atoms with Gasteiger partial charge >= 0.3 is 18.2 Å². The van der Waals surface area contributed by atoms with Crippen LogP contribution in [0.15, 0.2) is 35.5 Å². The second-order valence-corrected chi connectivity index (χ2v) is 7.90. The van der Waals surface area contributed by atoms with Crippen LogP contribution >= 0.6 is 0 Å². The van der Waals surface area contributed by atoms with Crippen LogP contribution in [-0.4, -0.2) is 52.4 Å². The number of halogens is 3. The number of carbonyl (C=O) groups is 2. The molecule has 0 spiro atoms. The molecule has 0 aliphatic heterocycles. The summed E-state index contributed by atoms with van der Waals surface area (Å²) < 4.78 is 45.4. The van der Waals surface area contributed by atoms with E-state index in [1.807, 2.05) is 0 Å². The molecule has 0 atom stereocenters. The Labute approximate surface area is 182 Å². The van der Waals surface area contributed by atoms with Crippen LogP contribution in [0.25, 0.3) is 5.69 Å². The normalized spacial score (nSPS) is 11.8. The van der Waals surface area contributed by atoms with Crippen molar-refractivity contribution in [2.75, 3.05) is 20.1 Å². The van der Waals surface area contributed by atoms with Crippen LogP contribution in [0.3, 0.4) is 0 Å². The lowest BCUT2D eigenvalue weighted by atomic mass is 10.2. The zero-order chi connectivity index (χ0) is 24.1. The van der Waals surface area contributed by atoms with Gasteiger partial charge in [-0.2, -0.15) is 18.3 Å². The number of rotatable bonds is 7.